The average molecular weight is 635 g/mol. The summed E-state index contributed by atoms with van der Waals surface area (Å²) in [7, 11) is 0. The Balaban J connectivity index is 1.39. The predicted molar refractivity (Wildman–Crippen MR) is 201 cm³/mol. The third-order valence-corrected chi connectivity index (χ3v) is 8.54. The Labute approximate surface area is 295 Å². The van der Waals surface area contributed by atoms with Gasteiger partial charge in [-0.1, -0.05) is 158 Å². The van der Waals surface area contributed by atoms with Crippen molar-refractivity contribution in [2.24, 2.45) is 0 Å². The Morgan fingerprint density at radius 2 is 0.796 bits per heavy atom. The van der Waals surface area contributed by atoms with Gasteiger partial charge >= 0.3 is 0 Å². The molecule has 0 radical (unpaired) electrons. The van der Waals surface area contributed by atoms with Crippen LogP contribution in [0.5, 0.6) is 0 Å². The maximum atomic E-state index is 9.19. The van der Waals surface area contributed by atoms with E-state index in [2.05, 4.69) is 0 Å². The van der Waals surface area contributed by atoms with E-state index < -0.39 is 48.3 Å². The lowest BCUT2D eigenvalue weighted by molar-refractivity contribution is 1.06. The molecule has 4 nitrogen and oxygen atoms in total. The molecular weight excluding hydrogens is 597 g/mol. The predicted octanol–water partition coefficient (Wildman–Crippen LogP) is 11.3. The van der Waals surface area contributed by atoms with Crippen LogP contribution >= 0.6 is 0 Å². The summed E-state index contributed by atoms with van der Waals surface area (Å²) in [6.45, 7) is 0. The van der Waals surface area contributed by atoms with E-state index in [1.54, 1.807) is 0 Å². The molecule has 230 valence electrons. The van der Waals surface area contributed by atoms with Gasteiger partial charge in [-0.15, -0.1) is 0 Å². The minimum absolute atomic E-state index is 0.00326. The second-order valence-electron chi connectivity index (χ2n) is 11.5. The molecule has 9 aromatic rings. The zero-order valence-electron chi connectivity index (χ0n) is 34.0. The summed E-state index contributed by atoms with van der Waals surface area (Å²) in [6.07, 6.45) is 0. The fraction of sp³-hybridized carbons (Fsp3) is 0. The molecule has 0 fully saturated rings. The monoisotopic (exact) mass is 634 g/mol. The number of aromatic nitrogens is 4. The normalized spacial score (nSPS) is 13.6. The zero-order valence-corrected chi connectivity index (χ0v) is 26.0. The summed E-state index contributed by atoms with van der Waals surface area (Å²) in [4.78, 5) is 15.0. The minimum atomic E-state index is -0.509. The van der Waals surface area contributed by atoms with E-state index in [1.165, 1.54) is 4.57 Å². The first-order valence-corrected chi connectivity index (χ1v) is 15.8. The Morgan fingerprint density at radius 3 is 1.37 bits per heavy atom. The highest BCUT2D eigenvalue weighted by Crippen LogP contribution is 2.38. The van der Waals surface area contributed by atoms with Crippen molar-refractivity contribution in [1.82, 2.24) is 19.5 Å². The van der Waals surface area contributed by atoms with Crippen LogP contribution in [-0.2, 0) is 0 Å². The first-order chi connectivity index (χ1) is 27.6. The molecule has 0 N–H and O–H groups in total. The van der Waals surface area contributed by atoms with E-state index in [-0.39, 0.29) is 27.6 Å². The topological polar surface area (TPSA) is 43.6 Å². The summed E-state index contributed by atoms with van der Waals surface area (Å²) < 4.78 is 72.4. The number of benzene rings is 7. The van der Waals surface area contributed by atoms with Crippen molar-refractivity contribution in [1.29, 1.82) is 0 Å². The van der Waals surface area contributed by atoms with Crippen molar-refractivity contribution in [3.8, 4) is 62.1 Å². The molecule has 0 atom stereocenters. The molecule has 0 saturated heterocycles. The summed E-state index contributed by atoms with van der Waals surface area (Å²) in [5, 5.41) is -0.0299. The summed E-state index contributed by atoms with van der Waals surface area (Å²) in [5.41, 5.74) is 5.97. The molecule has 9 rings (SSSR count). The van der Waals surface area contributed by atoms with E-state index in [1.807, 2.05) is 133 Å². The van der Waals surface area contributed by atoms with Crippen molar-refractivity contribution in [2.45, 2.75) is 0 Å². The third-order valence-electron chi connectivity index (χ3n) is 8.54. The molecule has 2 heterocycles. The van der Waals surface area contributed by atoms with Crippen LogP contribution in [0.1, 0.15) is 11.0 Å². The molecule has 0 spiro atoms. The molecule has 0 aliphatic rings. The summed E-state index contributed by atoms with van der Waals surface area (Å²) >= 11 is 0. The van der Waals surface area contributed by atoms with Gasteiger partial charge in [0.2, 0.25) is 0 Å². The Kier molecular flexibility index (Phi) is 5.29. The Hall–Kier alpha value is -6.65. The quantitative estimate of drug-likeness (QED) is 0.183. The highest BCUT2D eigenvalue weighted by Gasteiger charge is 2.20. The maximum absolute atomic E-state index is 9.19. The van der Waals surface area contributed by atoms with Gasteiger partial charge in [0.1, 0.15) is 0 Å². The second-order valence-corrected chi connectivity index (χ2v) is 11.5. The van der Waals surface area contributed by atoms with Gasteiger partial charge in [-0.3, -0.25) is 0 Å². The van der Waals surface area contributed by atoms with Gasteiger partial charge in [-0.2, -0.15) is 0 Å². The van der Waals surface area contributed by atoms with Crippen LogP contribution in [0, 0.1) is 0 Å². The number of nitrogens with zero attached hydrogens (tertiary/aromatic N) is 4. The van der Waals surface area contributed by atoms with E-state index in [0.717, 1.165) is 33.4 Å². The van der Waals surface area contributed by atoms with Gasteiger partial charge in [0.25, 0.3) is 0 Å². The fourth-order valence-electron chi connectivity index (χ4n) is 6.16. The largest absolute Gasteiger partial charge is 0.308 e. The maximum Gasteiger partial charge on any atom is 0.166 e. The Morgan fingerprint density at radius 1 is 0.388 bits per heavy atom. The highest BCUT2D eigenvalue weighted by molar-refractivity contribution is 6.09. The van der Waals surface area contributed by atoms with Gasteiger partial charge in [0, 0.05) is 27.5 Å². The first-order valence-electron chi connectivity index (χ1n) is 19.8. The van der Waals surface area contributed by atoms with E-state index >= 15 is 0 Å². The van der Waals surface area contributed by atoms with Crippen LogP contribution < -0.4 is 0 Å². The van der Waals surface area contributed by atoms with E-state index in [0.29, 0.717) is 22.9 Å². The van der Waals surface area contributed by atoms with Crippen LogP contribution in [-0.4, -0.2) is 19.5 Å². The lowest BCUT2D eigenvalue weighted by Gasteiger charge is -2.16. The van der Waals surface area contributed by atoms with Crippen molar-refractivity contribution in [2.75, 3.05) is 0 Å². The number of para-hydroxylation sites is 2. The molecular formula is C45H30N4. The van der Waals surface area contributed by atoms with Gasteiger partial charge in [0.15, 0.2) is 17.5 Å². The molecule has 0 saturated carbocycles. The molecule has 7 aromatic carbocycles. The SMILES string of the molecule is [2H]c1c([2H])c([2H])c2c(c1[2H])c1c([2H])c([2H])c([2H])c([2H])c1n2-c1cc(-c2ccccc2)ccc1-c1nc(-c2ccccc2)nc(-c2ccc(-c3ccccc3)cc2)n1. The van der Waals surface area contributed by atoms with Crippen molar-refractivity contribution in [3.63, 3.8) is 0 Å². The van der Waals surface area contributed by atoms with Crippen molar-refractivity contribution in [3.05, 3.63) is 182 Å². The van der Waals surface area contributed by atoms with E-state index in [4.69, 9.17) is 23.2 Å². The van der Waals surface area contributed by atoms with Crippen LogP contribution in [0.3, 0.4) is 0 Å². The van der Waals surface area contributed by atoms with Crippen LogP contribution in [0.25, 0.3) is 83.9 Å². The van der Waals surface area contributed by atoms with Crippen LogP contribution in [0.2, 0.25) is 0 Å². The van der Waals surface area contributed by atoms with Crippen LogP contribution in [0.15, 0.2) is 182 Å². The first kappa shape index (κ1) is 21.3. The number of hydrogen-bond donors (Lipinski definition) is 0. The molecule has 0 unspecified atom stereocenters. The highest BCUT2D eigenvalue weighted by atomic mass is 15.1. The molecule has 0 aliphatic carbocycles. The zero-order chi connectivity index (χ0) is 39.5. The standard InChI is InChI=1S/C45H30N4/c1-4-14-31(15-5-1)33-24-26-35(27-25-33)44-46-43(34-18-8-3-9-19-34)47-45(48-44)39-29-28-36(32-16-6-2-7-17-32)30-42(39)49-40-22-12-10-20-37(40)38-21-11-13-23-41(38)49/h1-30H/i10D,11D,12D,13D,20D,21D,22D,23D. The summed E-state index contributed by atoms with van der Waals surface area (Å²) in [5.74, 6) is 1.03. The third kappa shape index (κ3) is 5.26. The van der Waals surface area contributed by atoms with Gasteiger partial charge in [-0.25, -0.2) is 15.0 Å². The van der Waals surface area contributed by atoms with E-state index in [9.17, 15) is 2.74 Å². The van der Waals surface area contributed by atoms with Crippen LogP contribution in [0.4, 0.5) is 0 Å². The fourth-order valence-corrected chi connectivity index (χ4v) is 6.16. The van der Waals surface area contributed by atoms with Crippen molar-refractivity contribution >= 4 is 21.8 Å². The Bertz CT molecular complexity index is 2950. The van der Waals surface area contributed by atoms with Crippen molar-refractivity contribution < 1.29 is 11.0 Å². The minimum Gasteiger partial charge on any atom is -0.308 e. The molecule has 49 heavy (non-hydrogen) atoms. The number of fused-ring (bicyclic) bond motifs is 3. The smallest absolute Gasteiger partial charge is 0.166 e. The lowest BCUT2D eigenvalue weighted by Crippen LogP contribution is -2.04. The molecule has 0 bridgehead atoms. The van der Waals surface area contributed by atoms with Gasteiger partial charge < -0.3 is 4.57 Å². The van der Waals surface area contributed by atoms with Gasteiger partial charge in [-0.05, 0) is 46.5 Å². The molecule has 0 aliphatic heterocycles. The second kappa shape index (κ2) is 12.2. The molecule has 4 heteroatoms. The lowest BCUT2D eigenvalue weighted by atomic mass is 10.0. The number of rotatable bonds is 6. The molecule has 0 amide bonds. The average Bonchev–Trinajstić information content (AvgIpc) is 3.63. The summed E-state index contributed by atoms with van der Waals surface area (Å²) in [6, 6.07) is 39.0. The molecule has 2 aromatic heterocycles. The number of hydrogen-bond acceptors (Lipinski definition) is 3. The van der Waals surface area contributed by atoms with Gasteiger partial charge in [0.05, 0.1) is 27.7 Å².